The zero-order valence-corrected chi connectivity index (χ0v) is 12.8. The van der Waals surface area contributed by atoms with E-state index in [0.717, 1.165) is 6.07 Å². The van der Waals surface area contributed by atoms with Crippen molar-refractivity contribution in [2.24, 2.45) is 0 Å². The van der Waals surface area contributed by atoms with Crippen molar-refractivity contribution >= 4 is 17.5 Å². The molecule has 1 rings (SSSR count). The third kappa shape index (κ3) is 6.38. The van der Waals surface area contributed by atoms with Gasteiger partial charge in [-0.1, -0.05) is 13.8 Å². The Bertz CT molecular complexity index is 556. The molecule has 7 heteroatoms. The lowest BCUT2D eigenvalue weighted by molar-refractivity contribution is -0.383. The first-order chi connectivity index (χ1) is 9.73. The van der Waals surface area contributed by atoms with Gasteiger partial charge in [0.25, 0.3) is 5.69 Å². The fourth-order valence-corrected chi connectivity index (χ4v) is 1.27. The van der Waals surface area contributed by atoms with Gasteiger partial charge in [0.2, 0.25) is 0 Å². The van der Waals surface area contributed by atoms with Crippen LogP contribution in [0.2, 0.25) is 0 Å². The van der Waals surface area contributed by atoms with Crippen LogP contribution in [0.4, 0.5) is 16.2 Å². The van der Waals surface area contributed by atoms with E-state index in [4.69, 9.17) is 10.00 Å². The Morgan fingerprint density at radius 2 is 1.95 bits per heavy atom. The van der Waals surface area contributed by atoms with Crippen LogP contribution < -0.4 is 5.32 Å². The van der Waals surface area contributed by atoms with Crippen molar-refractivity contribution in [1.29, 1.82) is 5.26 Å². The van der Waals surface area contributed by atoms with Gasteiger partial charge in [-0.15, -0.1) is 0 Å². The van der Waals surface area contributed by atoms with E-state index in [1.165, 1.54) is 12.1 Å². The number of carbonyl (C=O) groups excluding carboxylic acids is 1. The van der Waals surface area contributed by atoms with Gasteiger partial charge in [-0.05, 0) is 32.9 Å². The minimum atomic E-state index is -0.791. The molecule has 7 nitrogen and oxygen atoms in total. The number of hydrogen-bond acceptors (Lipinski definition) is 5. The second kappa shape index (κ2) is 7.85. The average Bonchev–Trinajstić information content (AvgIpc) is 2.39. The highest BCUT2D eigenvalue weighted by molar-refractivity contribution is 5.88. The van der Waals surface area contributed by atoms with E-state index in [-0.39, 0.29) is 16.9 Å². The monoisotopic (exact) mass is 293 g/mol. The third-order valence-electron chi connectivity index (χ3n) is 1.96. The molecule has 0 aliphatic heterocycles. The molecule has 0 heterocycles. The molecule has 0 aromatic heterocycles. The van der Waals surface area contributed by atoms with Gasteiger partial charge in [0, 0.05) is 6.07 Å². The Balaban J connectivity index is 0.00000191. The van der Waals surface area contributed by atoms with E-state index >= 15 is 0 Å². The highest BCUT2D eigenvalue weighted by Gasteiger charge is 2.20. The number of rotatable bonds is 2. The molecule has 0 radical (unpaired) electrons. The molecule has 1 aromatic rings. The fourth-order valence-electron chi connectivity index (χ4n) is 1.27. The number of benzene rings is 1. The number of nitrogens with zero attached hydrogens (tertiary/aromatic N) is 2. The lowest BCUT2D eigenvalue weighted by atomic mass is 10.2. The molecule has 1 amide bonds. The zero-order valence-electron chi connectivity index (χ0n) is 12.8. The highest BCUT2D eigenvalue weighted by Crippen LogP contribution is 2.25. The van der Waals surface area contributed by atoms with E-state index < -0.39 is 16.6 Å². The number of nitro benzene ring substituents is 1. The van der Waals surface area contributed by atoms with Gasteiger partial charge in [0.15, 0.2) is 0 Å². The zero-order chi connectivity index (χ0) is 16.6. The predicted molar refractivity (Wildman–Crippen MR) is 79.0 cm³/mol. The van der Waals surface area contributed by atoms with Crippen molar-refractivity contribution in [1.82, 2.24) is 0 Å². The van der Waals surface area contributed by atoms with Crippen LogP contribution >= 0.6 is 0 Å². The van der Waals surface area contributed by atoms with Crippen LogP contribution in [-0.4, -0.2) is 16.6 Å². The second-order valence-corrected chi connectivity index (χ2v) is 4.73. The first-order valence-electron chi connectivity index (χ1n) is 6.41. The normalized spacial score (nSPS) is 9.71. The van der Waals surface area contributed by atoms with Gasteiger partial charge in [0.05, 0.1) is 16.6 Å². The Kier molecular flexibility index (Phi) is 6.87. The minimum absolute atomic E-state index is 0.0155. The van der Waals surface area contributed by atoms with Crippen molar-refractivity contribution in [2.45, 2.75) is 40.2 Å². The van der Waals surface area contributed by atoms with Crippen LogP contribution in [0.5, 0.6) is 0 Å². The molecule has 0 fully saturated rings. The first kappa shape index (κ1) is 18.4. The molecule has 1 aromatic carbocycles. The van der Waals surface area contributed by atoms with Crippen LogP contribution in [0.1, 0.15) is 40.2 Å². The van der Waals surface area contributed by atoms with E-state index in [9.17, 15) is 14.9 Å². The van der Waals surface area contributed by atoms with Crippen molar-refractivity contribution < 1.29 is 14.5 Å². The summed E-state index contributed by atoms with van der Waals surface area (Å²) >= 11 is 0. The quantitative estimate of drug-likeness (QED) is 0.658. The Morgan fingerprint density at radius 1 is 1.38 bits per heavy atom. The summed E-state index contributed by atoms with van der Waals surface area (Å²) < 4.78 is 5.00. The summed E-state index contributed by atoms with van der Waals surface area (Å²) in [6.45, 7) is 9.04. The van der Waals surface area contributed by atoms with Crippen molar-refractivity contribution in [3.8, 4) is 6.07 Å². The van der Waals surface area contributed by atoms with Crippen molar-refractivity contribution in [3.63, 3.8) is 0 Å². The summed E-state index contributed by atoms with van der Waals surface area (Å²) in [5.41, 5.74) is -0.935. The first-order valence-corrected chi connectivity index (χ1v) is 6.41. The number of nitriles is 1. The van der Waals surface area contributed by atoms with Gasteiger partial charge < -0.3 is 4.74 Å². The number of nitrogens with one attached hydrogen (secondary N) is 1. The second-order valence-electron chi connectivity index (χ2n) is 4.73. The van der Waals surface area contributed by atoms with Gasteiger partial charge >= 0.3 is 6.09 Å². The van der Waals surface area contributed by atoms with Gasteiger partial charge in [-0.3, -0.25) is 15.4 Å². The maximum atomic E-state index is 11.5. The van der Waals surface area contributed by atoms with Gasteiger partial charge in [-0.25, -0.2) is 4.79 Å². The number of amides is 1. The van der Waals surface area contributed by atoms with Gasteiger partial charge in [0.1, 0.15) is 11.3 Å². The summed E-state index contributed by atoms with van der Waals surface area (Å²) in [5.74, 6) is 0. The van der Waals surface area contributed by atoms with E-state index in [2.05, 4.69) is 5.32 Å². The summed E-state index contributed by atoms with van der Waals surface area (Å²) in [5, 5.41) is 21.8. The molecule has 21 heavy (non-hydrogen) atoms. The minimum Gasteiger partial charge on any atom is -0.444 e. The van der Waals surface area contributed by atoms with Crippen LogP contribution in [-0.2, 0) is 4.74 Å². The third-order valence-corrected chi connectivity index (χ3v) is 1.96. The summed E-state index contributed by atoms with van der Waals surface area (Å²) in [6.07, 6.45) is -0.791. The van der Waals surface area contributed by atoms with E-state index in [1.54, 1.807) is 26.8 Å². The molecule has 0 unspecified atom stereocenters. The highest BCUT2D eigenvalue weighted by atomic mass is 16.6. The lowest BCUT2D eigenvalue weighted by Gasteiger charge is -2.19. The van der Waals surface area contributed by atoms with Crippen LogP contribution in [0.15, 0.2) is 18.2 Å². The molecular weight excluding hydrogens is 274 g/mol. The maximum absolute atomic E-state index is 11.5. The number of carbonyl (C=O) groups is 1. The number of nitro groups is 1. The Morgan fingerprint density at radius 3 is 2.38 bits per heavy atom. The van der Waals surface area contributed by atoms with E-state index in [0.29, 0.717) is 0 Å². The van der Waals surface area contributed by atoms with Crippen LogP contribution in [0, 0.1) is 21.4 Å². The molecule has 0 bridgehead atoms. The number of ether oxygens (including phenoxy) is 1. The van der Waals surface area contributed by atoms with Crippen LogP contribution in [0.25, 0.3) is 0 Å². The SMILES string of the molecule is CC.CC(C)(C)OC(=O)Nc1ccc(C#N)cc1[N+](=O)[O-]. The lowest BCUT2D eigenvalue weighted by Crippen LogP contribution is -2.27. The Labute approximate surface area is 123 Å². The smallest absolute Gasteiger partial charge is 0.412 e. The van der Waals surface area contributed by atoms with Crippen LogP contribution in [0.3, 0.4) is 0 Å². The molecule has 0 saturated heterocycles. The molecular formula is C14H19N3O4. The fraction of sp³-hybridized carbons (Fsp3) is 0.429. The molecule has 0 atom stereocenters. The summed E-state index contributed by atoms with van der Waals surface area (Å²) in [6, 6.07) is 5.55. The topological polar surface area (TPSA) is 105 Å². The van der Waals surface area contributed by atoms with Gasteiger partial charge in [-0.2, -0.15) is 5.26 Å². The predicted octanol–water partition coefficient (Wildman–Crippen LogP) is 3.84. The largest absolute Gasteiger partial charge is 0.444 e. The van der Waals surface area contributed by atoms with Crippen molar-refractivity contribution in [3.05, 3.63) is 33.9 Å². The number of anilines is 1. The molecule has 114 valence electrons. The van der Waals surface area contributed by atoms with Crippen molar-refractivity contribution in [2.75, 3.05) is 5.32 Å². The van der Waals surface area contributed by atoms with E-state index in [1.807, 2.05) is 13.8 Å². The molecule has 1 N–H and O–H groups in total. The number of hydrogen-bond donors (Lipinski definition) is 1. The molecule has 0 spiro atoms. The summed E-state index contributed by atoms with van der Waals surface area (Å²) in [7, 11) is 0. The maximum Gasteiger partial charge on any atom is 0.412 e. The molecule has 0 saturated carbocycles. The summed E-state index contributed by atoms with van der Waals surface area (Å²) in [4.78, 5) is 21.7. The molecule has 0 aliphatic carbocycles. The standard InChI is InChI=1S/C12H13N3O4.C2H6/c1-12(2,3)19-11(16)14-9-5-4-8(7-13)6-10(9)15(17)18;1-2/h4-6H,1-3H3,(H,14,16);1-2H3. The Hall–Kier alpha value is -2.62. The molecule has 0 aliphatic rings. The average molecular weight is 293 g/mol.